The molecule has 1 aromatic heterocycles. The van der Waals surface area contributed by atoms with Crippen molar-refractivity contribution in [3.05, 3.63) is 41.3 Å². The van der Waals surface area contributed by atoms with Crippen LogP contribution in [-0.2, 0) is 0 Å². The van der Waals surface area contributed by atoms with Gasteiger partial charge in [-0.25, -0.2) is 4.39 Å². The van der Waals surface area contributed by atoms with Crippen molar-refractivity contribution in [3.63, 3.8) is 0 Å². The summed E-state index contributed by atoms with van der Waals surface area (Å²) in [6, 6.07) is 3.81. The van der Waals surface area contributed by atoms with Gasteiger partial charge in [-0.3, -0.25) is 4.79 Å². The van der Waals surface area contributed by atoms with Gasteiger partial charge in [-0.1, -0.05) is 16.3 Å². The highest BCUT2D eigenvalue weighted by atomic mass is 32.1. The van der Waals surface area contributed by atoms with Crippen LogP contribution in [0.2, 0.25) is 0 Å². The SMILES string of the molecule is NCC#Cc1ccc(F)cc1C(=O)Nc1cnns1. The topological polar surface area (TPSA) is 80.9 Å². The maximum Gasteiger partial charge on any atom is 0.257 e. The number of aromatic nitrogens is 2. The van der Waals surface area contributed by atoms with Crippen molar-refractivity contribution < 1.29 is 9.18 Å². The fourth-order valence-corrected chi connectivity index (χ4v) is 1.78. The van der Waals surface area contributed by atoms with Gasteiger partial charge < -0.3 is 11.1 Å². The van der Waals surface area contributed by atoms with Crippen LogP contribution in [0.4, 0.5) is 9.39 Å². The predicted octanol–water partition coefficient (Wildman–Crippen LogP) is 1.24. The lowest BCUT2D eigenvalue weighted by atomic mass is 10.1. The Balaban J connectivity index is 2.31. The van der Waals surface area contributed by atoms with Crippen molar-refractivity contribution in [1.82, 2.24) is 9.59 Å². The molecule has 1 heterocycles. The van der Waals surface area contributed by atoms with Gasteiger partial charge in [0.05, 0.1) is 18.3 Å². The Morgan fingerprint density at radius 3 is 3.05 bits per heavy atom. The third kappa shape index (κ3) is 3.34. The average molecular weight is 276 g/mol. The Morgan fingerprint density at radius 2 is 2.37 bits per heavy atom. The van der Waals surface area contributed by atoms with E-state index in [4.69, 9.17) is 5.73 Å². The number of nitrogens with zero attached hydrogens (tertiary/aromatic N) is 2. The molecule has 0 aliphatic heterocycles. The molecule has 2 rings (SSSR count). The number of hydrogen-bond donors (Lipinski definition) is 2. The smallest absolute Gasteiger partial charge is 0.257 e. The minimum Gasteiger partial charge on any atom is -0.320 e. The molecule has 2 aromatic rings. The summed E-state index contributed by atoms with van der Waals surface area (Å²) < 4.78 is 16.9. The van der Waals surface area contributed by atoms with E-state index in [1.54, 1.807) is 0 Å². The summed E-state index contributed by atoms with van der Waals surface area (Å²) in [6.45, 7) is 0.164. The van der Waals surface area contributed by atoms with E-state index in [2.05, 4.69) is 26.7 Å². The monoisotopic (exact) mass is 276 g/mol. The molecule has 7 heteroatoms. The summed E-state index contributed by atoms with van der Waals surface area (Å²) in [5.74, 6) is 4.39. The van der Waals surface area contributed by atoms with Gasteiger partial charge in [0.15, 0.2) is 0 Å². The van der Waals surface area contributed by atoms with E-state index >= 15 is 0 Å². The molecule has 0 aliphatic rings. The highest BCUT2D eigenvalue weighted by molar-refractivity contribution is 7.10. The Hall–Kier alpha value is -2.30. The minimum atomic E-state index is -0.508. The van der Waals surface area contributed by atoms with Gasteiger partial charge in [-0.05, 0) is 18.2 Å². The number of benzene rings is 1. The summed E-state index contributed by atoms with van der Waals surface area (Å²) in [5.41, 5.74) is 5.84. The number of hydrogen-bond acceptors (Lipinski definition) is 5. The molecule has 0 fully saturated rings. The molecule has 0 saturated carbocycles. The molecule has 0 spiro atoms. The Labute approximate surface area is 112 Å². The lowest BCUT2D eigenvalue weighted by Crippen LogP contribution is -2.13. The van der Waals surface area contributed by atoms with E-state index in [9.17, 15) is 9.18 Å². The number of anilines is 1. The number of rotatable bonds is 2. The van der Waals surface area contributed by atoms with Crippen molar-refractivity contribution in [2.75, 3.05) is 11.9 Å². The third-order valence-electron chi connectivity index (χ3n) is 2.15. The third-order valence-corrected chi connectivity index (χ3v) is 2.73. The number of nitrogens with one attached hydrogen (secondary N) is 1. The molecule has 0 unspecified atom stereocenters. The van der Waals surface area contributed by atoms with Gasteiger partial charge in [0, 0.05) is 17.1 Å². The summed E-state index contributed by atoms with van der Waals surface area (Å²) >= 11 is 1.03. The van der Waals surface area contributed by atoms with Crippen LogP contribution >= 0.6 is 11.5 Å². The molecular weight excluding hydrogens is 267 g/mol. The molecule has 3 N–H and O–H groups in total. The predicted molar refractivity (Wildman–Crippen MR) is 70.2 cm³/mol. The van der Waals surface area contributed by atoms with Gasteiger partial charge in [-0.15, -0.1) is 5.10 Å². The highest BCUT2D eigenvalue weighted by Gasteiger charge is 2.12. The number of nitrogens with two attached hydrogens (primary N) is 1. The normalized spacial score (nSPS) is 9.58. The lowest BCUT2D eigenvalue weighted by molar-refractivity contribution is 0.102. The number of halogens is 1. The molecule has 0 saturated heterocycles. The first kappa shape index (κ1) is 13.1. The second kappa shape index (κ2) is 6.04. The minimum absolute atomic E-state index is 0.148. The van der Waals surface area contributed by atoms with E-state index in [-0.39, 0.29) is 12.1 Å². The standard InChI is InChI=1S/C12H9FN4OS/c13-9-4-3-8(2-1-5-14)10(6-9)12(18)16-11-7-15-17-19-11/h3-4,6-7H,5,14H2,(H,16,18). The molecule has 0 aliphatic carbocycles. The van der Waals surface area contributed by atoms with E-state index < -0.39 is 11.7 Å². The van der Waals surface area contributed by atoms with E-state index in [0.717, 1.165) is 17.6 Å². The fourth-order valence-electron chi connectivity index (χ4n) is 1.36. The Kier molecular flexibility index (Phi) is 4.18. The molecule has 96 valence electrons. The van der Waals surface area contributed by atoms with Crippen molar-refractivity contribution in [2.45, 2.75) is 0 Å². The molecule has 0 bridgehead atoms. The first-order chi connectivity index (χ1) is 9.20. The van der Waals surface area contributed by atoms with Crippen LogP contribution < -0.4 is 11.1 Å². The molecular formula is C12H9FN4OS. The molecule has 5 nitrogen and oxygen atoms in total. The second-order valence-corrected chi connectivity index (χ2v) is 4.22. The van der Waals surface area contributed by atoms with Crippen LogP contribution in [-0.4, -0.2) is 22.0 Å². The van der Waals surface area contributed by atoms with Gasteiger partial charge >= 0.3 is 0 Å². The van der Waals surface area contributed by atoms with E-state index in [1.807, 2.05) is 0 Å². The number of carbonyl (C=O) groups is 1. The Bertz CT molecular complexity index is 645. The Morgan fingerprint density at radius 1 is 1.53 bits per heavy atom. The summed E-state index contributed by atoms with van der Waals surface area (Å²) in [5, 5.41) is 6.64. The van der Waals surface area contributed by atoms with Gasteiger partial charge in [-0.2, -0.15) is 0 Å². The molecule has 19 heavy (non-hydrogen) atoms. The zero-order valence-electron chi connectivity index (χ0n) is 9.68. The van der Waals surface area contributed by atoms with E-state index in [1.165, 1.54) is 18.3 Å². The maximum absolute atomic E-state index is 13.2. The zero-order chi connectivity index (χ0) is 13.7. The summed E-state index contributed by atoms with van der Waals surface area (Å²) in [6.07, 6.45) is 1.41. The highest BCUT2D eigenvalue weighted by Crippen LogP contribution is 2.15. The van der Waals surface area contributed by atoms with Crippen molar-refractivity contribution in [3.8, 4) is 11.8 Å². The first-order valence-corrected chi connectivity index (χ1v) is 6.05. The van der Waals surface area contributed by atoms with Crippen molar-refractivity contribution >= 4 is 22.4 Å². The van der Waals surface area contributed by atoms with Gasteiger partial charge in [0.2, 0.25) is 0 Å². The largest absolute Gasteiger partial charge is 0.320 e. The van der Waals surface area contributed by atoms with Crippen LogP contribution in [0, 0.1) is 17.7 Å². The van der Waals surface area contributed by atoms with Gasteiger partial charge in [0.1, 0.15) is 10.8 Å². The maximum atomic E-state index is 13.2. The zero-order valence-corrected chi connectivity index (χ0v) is 10.5. The molecule has 0 radical (unpaired) electrons. The number of carbonyl (C=O) groups excluding carboxylic acids is 1. The van der Waals surface area contributed by atoms with Gasteiger partial charge in [0.25, 0.3) is 5.91 Å². The molecule has 1 aromatic carbocycles. The molecule has 0 atom stereocenters. The van der Waals surface area contributed by atoms with Crippen molar-refractivity contribution in [1.29, 1.82) is 0 Å². The second-order valence-electron chi connectivity index (χ2n) is 3.43. The van der Waals surface area contributed by atoms with Crippen LogP contribution in [0.25, 0.3) is 0 Å². The van der Waals surface area contributed by atoms with Crippen LogP contribution in [0.1, 0.15) is 15.9 Å². The lowest BCUT2D eigenvalue weighted by Gasteiger charge is -2.04. The molecule has 1 amide bonds. The quantitative estimate of drug-likeness (QED) is 0.809. The number of amides is 1. The van der Waals surface area contributed by atoms with E-state index in [0.29, 0.717) is 10.6 Å². The van der Waals surface area contributed by atoms with Crippen LogP contribution in [0.5, 0.6) is 0 Å². The summed E-state index contributed by atoms with van der Waals surface area (Å²) in [4.78, 5) is 12.0. The van der Waals surface area contributed by atoms with Crippen LogP contribution in [0.3, 0.4) is 0 Å². The van der Waals surface area contributed by atoms with Crippen molar-refractivity contribution in [2.24, 2.45) is 5.73 Å². The summed E-state index contributed by atoms with van der Waals surface area (Å²) in [7, 11) is 0. The first-order valence-electron chi connectivity index (χ1n) is 5.28. The van der Waals surface area contributed by atoms with Crippen LogP contribution in [0.15, 0.2) is 24.4 Å². The average Bonchev–Trinajstić information content (AvgIpc) is 2.90. The fraction of sp³-hybridized carbons (Fsp3) is 0.0833.